The second kappa shape index (κ2) is 7.68. The highest BCUT2D eigenvalue weighted by Crippen LogP contribution is 2.24. The molecule has 0 aromatic heterocycles. The smallest absolute Gasteiger partial charge is 0.240 e. The number of methoxy groups -OCH3 is 1. The normalized spacial score (nSPS) is 13.6. The van der Waals surface area contributed by atoms with Crippen LogP contribution in [0.25, 0.3) is 0 Å². The molecule has 0 radical (unpaired) electrons. The van der Waals surface area contributed by atoms with Crippen molar-refractivity contribution in [1.29, 1.82) is 0 Å². The van der Waals surface area contributed by atoms with Crippen molar-refractivity contribution in [3.8, 4) is 0 Å². The molecule has 0 fully saturated rings. The van der Waals surface area contributed by atoms with Crippen LogP contribution in [0.5, 0.6) is 0 Å². The summed E-state index contributed by atoms with van der Waals surface area (Å²) in [4.78, 5) is 0.264. The van der Waals surface area contributed by atoms with Crippen molar-refractivity contribution >= 4 is 10.0 Å². The zero-order valence-electron chi connectivity index (χ0n) is 15.5. The summed E-state index contributed by atoms with van der Waals surface area (Å²) in [6.07, 6.45) is -0.329. The van der Waals surface area contributed by atoms with Crippen LogP contribution in [0, 0.1) is 6.92 Å². The number of benzene rings is 2. The fourth-order valence-corrected chi connectivity index (χ4v) is 3.70. The minimum Gasteiger partial charge on any atom is -0.375 e. The van der Waals surface area contributed by atoms with Crippen LogP contribution in [-0.4, -0.2) is 22.1 Å². The van der Waals surface area contributed by atoms with Gasteiger partial charge in [0.05, 0.1) is 11.0 Å². The van der Waals surface area contributed by atoms with Crippen LogP contribution in [0.15, 0.2) is 53.4 Å². The van der Waals surface area contributed by atoms with Gasteiger partial charge < -0.3 is 4.74 Å². The van der Waals surface area contributed by atoms with Gasteiger partial charge in [-0.05, 0) is 41.2 Å². The maximum absolute atomic E-state index is 12.6. The Labute approximate surface area is 151 Å². The van der Waals surface area contributed by atoms with Crippen LogP contribution in [0.2, 0.25) is 0 Å². The lowest BCUT2D eigenvalue weighted by molar-refractivity contribution is 0.107. The molecule has 0 amide bonds. The molecule has 0 saturated heterocycles. The number of sulfonamides is 1. The van der Waals surface area contributed by atoms with Crippen molar-refractivity contribution < 1.29 is 13.2 Å². The van der Waals surface area contributed by atoms with E-state index in [1.165, 1.54) is 0 Å². The van der Waals surface area contributed by atoms with Gasteiger partial charge in [0, 0.05) is 13.7 Å². The average molecular weight is 362 g/mol. The average Bonchev–Trinajstić information content (AvgIpc) is 2.56. The molecule has 0 aliphatic heterocycles. The van der Waals surface area contributed by atoms with Crippen molar-refractivity contribution in [2.45, 2.75) is 44.1 Å². The number of hydrogen-bond acceptors (Lipinski definition) is 3. The van der Waals surface area contributed by atoms with E-state index in [-0.39, 0.29) is 23.0 Å². The largest absolute Gasteiger partial charge is 0.375 e. The molecule has 1 atom stereocenters. The van der Waals surface area contributed by atoms with Crippen molar-refractivity contribution in [1.82, 2.24) is 4.72 Å². The summed E-state index contributed by atoms with van der Waals surface area (Å²) in [6.45, 7) is 8.46. The van der Waals surface area contributed by atoms with Crippen LogP contribution in [0.1, 0.15) is 43.6 Å². The van der Waals surface area contributed by atoms with Crippen molar-refractivity contribution in [2.24, 2.45) is 0 Å². The Bertz CT molecular complexity index is 806. The molecular weight excluding hydrogens is 334 g/mol. The van der Waals surface area contributed by atoms with E-state index in [9.17, 15) is 8.42 Å². The molecule has 0 bridgehead atoms. The molecule has 4 nitrogen and oxygen atoms in total. The molecule has 2 aromatic carbocycles. The second-order valence-corrected chi connectivity index (χ2v) is 8.97. The molecule has 0 heterocycles. The second-order valence-electron chi connectivity index (χ2n) is 7.21. The summed E-state index contributed by atoms with van der Waals surface area (Å²) in [5.41, 5.74) is 3.14. The summed E-state index contributed by atoms with van der Waals surface area (Å²) in [5, 5.41) is 0. The zero-order chi connectivity index (χ0) is 18.7. The Morgan fingerprint density at radius 2 is 1.64 bits per heavy atom. The van der Waals surface area contributed by atoms with Gasteiger partial charge in [0.15, 0.2) is 0 Å². The van der Waals surface area contributed by atoms with Gasteiger partial charge in [-0.3, -0.25) is 0 Å². The first kappa shape index (κ1) is 19.6. The molecule has 1 N–H and O–H groups in total. The van der Waals surface area contributed by atoms with Gasteiger partial charge in [-0.15, -0.1) is 0 Å². The maximum Gasteiger partial charge on any atom is 0.240 e. The van der Waals surface area contributed by atoms with E-state index >= 15 is 0 Å². The van der Waals surface area contributed by atoms with E-state index < -0.39 is 10.0 Å². The van der Waals surface area contributed by atoms with Crippen molar-refractivity contribution in [3.63, 3.8) is 0 Å². The Balaban J connectivity index is 2.14. The lowest BCUT2D eigenvalue weighted by atomic mass is 9.87. The topological polar surface area (TPSA) is 55.4 Å². The lowest BCUT2D eigenvalue weighted by Crippen LogP contribution is -2.29. The van der Waals surface area contributed by atoms with Crippen LogP contribution >= 0.6 is 0 Å². The van der Waals surface area contributed by atoms with E-state index in [1.54, 1.807) is 19.2 Å². The fraction of sp³-hybridized carbons (Fsp3) is 0.400. The number of hydrogen-bond donors (Lipinski definition) is 1. The molecule has 5 heteroatoms. The standard InChI is InChI=1S/C20H27NO3S/c1-15-8-6-7-9-18(15)19(24-5)14-21-25(22,23)17-12-10-16(11-13-17)20(2,3)4/h6-13,19,21H,14H2,1-5H3. The third-order valence-electron chi connectivity index (χ3n) is 4.31. The number of aryl methyl sites for hydroxylation is 1. The highest BCUT2D eigenvalue weighted by Gasteiger charge is 2.20. The Morgan fingerprint density at radius 3 is 2.16 bits per heavy atom. The first-order valence-corrected chi connectivity index (χ1v) is 9.82. The van der Waals surface area contributed by atoms with Gasteiger partial charge in [0.1, 0.15) is 0 Å². The predicted octanol–water partition coefficient (Wildman–Crippen LogP) is 3.96. The zero-order valence-corrected chi connectivity index (χ0v) is 16.4. The molecular formula is C20H27NO3S. The number of ether oxygens (including phenoxy) is 1. The Morgan fingerprint density at radius 1 is 1.04 bits per heavy atom. The van der Waals surface area contributed by atoms with E-state index in [1.807, 2.05) is 43.3 Å². The first-order chi connectivity index (χ1) is 11.6. The predicted molar refractivity (Wildman–Crippen MR) is 101 cm³/mol. The maximum atomic E-state index is 12.6. The van der Waals surface area contributed by atoms with Crippen LogP contribution < -0.4 is 4.72 Å². The molecule has 0 aliphatic carbocycles. The Hall–Kier alpha value is -1.69. The highest BCUT2D eigenvalue weighted by atomic mass is 32.2. The van der Waals surface area contributed by atoms with Gasteiger partial charge >= 0.3 is 0 Å². The lowest BCUT2D eigenvalue weighted by Gasteiger charge is -2.20. The van der Waals surface area contributed by atoms with Gasteiger partial charge in [-0.25, -0.2) is 13.1 Å². The number of nitrogens with one attached hydrogen (secondary N) is 1. The summed E-state index contributed by atoms with van der Waals surface area (Å²) >= 11 is 0. The molecule has 0 aliphatic rings. The molecule has 2 aromatic rings. The van der Waals surface area contributed by atoms with Crippen LogP contribution in [0.4, 0.5) is 0 Å². The summed E-state index contributed by atoms with van der Waals surface area (Å²) in [6, 6.07) is 14.8. The van der Waals surface area contributed by atoms with E-state index in [0.29, 0.717) is 0 Å². The van der Waals surface area contributed by atoms with Gasteiger partial charge in [0.2, 0.25) is 10.0 Å². The van der Waals surface area contributed by atoms with Gasteiger partial charge in [-0.1, -0.05) is 57.2 Å². The van der Waals surface area contributed by atoms with Crippen molar-refractivity contribution in [3.05, 3.63) is 65.2 Å². The number of rotatable bonds is 6. The monoisotopic (exact) mass is 361 g/mol. The minimum atomic E-state index is -3.58. The molecule has 1 unspecified atom stereocenters. The molecule has 25 heavy (non-hydrogen) atoms. The minimum absolute atomic E-state index is 0.0122. The molecule has 0 saturated carbocycles. The molecule has 136 valence electrons. The van der Waals surface area contributed by atoms with Gasteiger partial charge in [0.25, 0.3) is 0 Å². The summed E-state index contributed by atoms with van der Waals surface area (Å²) in [5.74, 6) is 0. The van der Waals surface area contributed by atoms with E-state index in [0.717, 1.165) is 16.7 Å². The summed E-state index contributed by atoms with van der Waals surface area (Å²) < 4.78 is 33.3. The highest BCUT2D eigenvalue weighted by molar-refractivity contribution is 7.89. The Kier molecular flexibility index (Phi) is 6.03. The van der Waals surface area contributed by atoms with Crippen molar-refractivity contribution in [2.75, 3.05) is 13.7 Å². The molecule has 0 spiro atoms. The summed E-state index contributed by atoms with van der Waals surface area (Å²) in [7, 11) is -1.99. The first-order valence-electron chi connectivity index (χ1n) is 8.33. The molecule has 2 rings (SSSR count). The SMILES string of the molecule is COC(CNS(=O)(=O)c1ccc(C(C)(C)C)cc1)c1ccccc1C. The van der Waals surface area contributed by atoms with E-state index in [2.05, 4.69) is 25.5 Å². The quantitative estimate of drug-likeness (QED) is 0.847. The van der Waals surface area contributed by atoms with Gasteiger partial charge in [-0.2, -0.15) is 0 Å². The third kappa shape index (κ3) is 4.91. The van der Waals surface area contributed by atoms with E-state index in [4.69, 9.17) is 4.74 Å². The fourth-order valence-electron chi connectivity index (χ4n) is 2.67. The van der Waals surface area contributed by atoms with Crippen LogP contribution in [-0.2, 0) is 20.2 Å². The van der Waals surface area contributed by atoms with Crippen LogP contribution in [0.3, 0.4) is 0 Å². The third-order valence-corrected chi connectivity index (χ3v) is 5.75.